The summed E-state index contributed by atoms with van der Waals surface area (Å²) in [5, 5.41) is 3.44. The van der Waals surface area contributed by atoms with E-state index < -0.39 is 0 Å². The van der Waals surface area contributed by atoms with E-state index in [0.717, 1.165) is 63.8 Å². The molecule has 6 heteroatoms. The second-order valence-electron chi connectivity index (χ2n) is 8.08. The first-order chi connectivity index (χ1) is 14.3. The lowest BCUT2D eigenvalue weighted by Gasteiger charge is -2.25. The molecule has 0 aliphatic carbocycles. The predicted molar refractivity (Wildman–Crippen MR) is 118 cm³/mol. The summed E-state index contributed by atoms with van der Waals surface area (Å²) in [6, 6.07) is 8.86. The van der Waals surface area contributed by atoms with E-state index in [4.69, 9.17) is 4.99 Å². The first-order valence-corrected chi connectivity index (χ1v) is 11.1. The van der Waals surface area contributed by atoms with Gasteiger partial charge in [-0.1, -0.05) is 30.4 Å². The Morgan fingerprint density at radius 2 is 2.03 bits per heavy atom. The van der Waals surface area contributed by atoms with E-state index in [1.165, 1.54) is 12.0 Å². The van der Waals surface area contributed by atoms with E-state index in [-0.39, 0.29) is 5.91 Å². The number of amides is 1. The third-order valence-corrected chi connectivity index (χ3v) is 6.16. The molecule has 6 nitrogen and oxygen atoms in total. The summed E-state index contributed by atoms with van der Waals surface area (Å²) >= 11 is 0. The fourth-order valence-corrected chi connectivity index (χ4v) is 4.60. The van der Waals surface area contributed by atoms with Crippen LogP contribution >= 0.6 is 0 Å². The SMILES string of the molecule is CCNC(=NCCCC(=O)N1CCc2ccccc21)N1CCC(N2CC=CC2)C1. The van der Waals surface area contributed by atoms with Crippen LogP contribution in [0.25, 0.3) is 0 Å². The molecule has 0 bridgehead atoms. The fourth-order valence-electron chi connectivity index (χ4n) is 4.60. The lowest BCUT2D eigenvalue weighted by Crippen LogP contribution is -2.42. The summed E-state index contributed by atoms with van der Waals surface area (Å²) in [4.78, 5) is 24.4. The number of aliphatic imine (C=N–C) groups is 1. The number of hydrogen-bond acceptors (Lipinski definition) is 3. The lowest BCUT2D eigenvalue weighted by molar-refractivity contribution is -0.118. The first-order valence-electron chi connectivity index (χ1n) is 11.1. The third kappa shape index (κ3) is 4.64. The van der Waals surface area contributed by atoms with Crippen LogP contribution in [0.5, 0.6) is 0 Å². The van der Waals surface area contributed by atoms with Gasteiger partial charge in [0.15, 0.2) is 5.96 Å². The van der Waals surface area contributed by atoms with Gasteiger partial charge in [0.25, 0.3) is 0 Å². The predicted octanol–water partition coefficient (Wildman–Crippen LogP) is 2.27. The van der Waals surface area contributed by atoms with Crippen LogP contribution in [0.2, 0.25) is 0 Å². The molecule has 0 aromatic heterocycles. The smallest absolute Gasteiger partial charge is 0.227 e. The zero-order valence-corrected chi connectivity index (χ0v) is 17.5. The van der Waals surface area contributed by atoms with Gasteiger partial charge in [0.2, 0.25) is 5.91 Å². The number of hydrogen-bond donors (Lipinski definition) is 1. The molecule has 0 saturated carbocycles. The molecule has 3 aliphatic heterocycles. The second-order valence-corrected chi connectivity index (χ2v) is 8.08. The van der Waals surface area contributed by atoms with Gasteiger partial charge < -0.3 is 15.1 Å². The minimum absolute atomic E-state index is 0.220. The number of para-hydroxylation sites is 1. The standard InChI is InChI=1S/C23H33N5O/c1-2-24-23(27-16-12-20(18-27)26-14-5-6-15-26)25-13-7-10-22(29)28-17-11-19-8-3-4-9-21(19)28/h3-6,8-9,20H,2,7,10-18H2,1H3,(H,24,25). The van der Waals surface area contributed by atoms with E-state index in [0.29, 0.717) is 19.0 Å². The molecular formula is C23H33N5O. The summed E-state index contributed by atoms with van der Waals surface area (Å²) in [6.45, 7) is 8.73. The molecule has 1 amide bonds. The van der Waals surface area contributed by atoms with E-state index >= 15 is 0 Å². The first kappa shape index (κ1) is 20.0. The molecule has 29 heavy (non-hydrogen) atoms. The maximum atomic E-state index is 12.7. The van der Waals surface area contributed by atoms with Crippen LogP contribution in [0.4, 0.5) is 5.69 Å². The maximum absolute atomic E-state index is 12.7. The number of fused-ring (bicyclic) bond motifs is 1. The van der Waals surface area contributed by atoms with Gasteiger partial charge >= 0.3 is 0 Å². The highest BCUT2D eigenvalue weighted by Gasteiger charge is 2.29. The van der Waals surface area contributed by atoms with Gasteiger partial charge in [-0.3, -0.25) is 14.7 Å². The van der Waals surface area contributed by atoms with Crippen LogP contribution < -0.4 is 10.2 Å². The molecule has 1 atom stereocenters. The Hall–Kier alpha value is -2.34. The minimum atomic E-state index is 0.220. The molecule has 1 fully saturated rings. The van der Waals surface area contributed by atoms with Gasteiger partial charge in [0, 0.05) is 64.0 Å². The van der Waals surface area contributed by atoms with Gasteiger partial charge in [0.05, 0.1) is 0 Å². The highest BCUT2D eigenvalue weighted by Crippen LogP contribution is 2.28. The molecular weight excluding hydrogens is 362 g/mol. The Morgan fingerprint density at radius 1 is 1.21 bits per heavy atom. The Bertz CT molecular complexity index is 766. The van der Waals surface area contributed by atoms with Crippen LogP contribution in [-0.2, 0) is 11.2 Å². The van der Waals surface area contributed by atoms with Crippen molar-refractivity contribution in [3.63, 3.8) is 0 Å². The zero-order valence-electron chi connectivity index (χ0n) is 17.5. The number of nitrogens with zero attached hydrogens (tertiary/aromatic N) is 4. The molecule has 156 valence electrons. The molecule has 1 N–H and O–H groups in total. The zero-order chi connectivity index (χ0) is 20.1. The summed E-state index contributed by atoms with van der Waals surface area (Å²) in [6.07, 6.45) is 8.03. The van der Waals surface area contributed by atoms with Crippen molar-refractivity contribution in [3.8, 4) is 0 Å². The van der Waals surface area contributed by atoms with Crippen molar-refractivity contribution < 1.29 is 4.79 Å². The number of likely N-dealkylation sites (tertiary alicyclic amines) is 1. The molecule has 0 spiro atoms. The maximum Gasteiger partial charge on any atom is 0.227 e. The van der Waals surface area contributed by atoms with Crippen molar-refractivity contribution in [1.82, 2.24) is 15.1 Å². The number of benzene rings is 1. The van der Waals surface area contributed by atoms with E-state index in [1.54, 1.807) is 0 Å². The fraction of sp³-hybridized carbons (Fsp3) is 0.565. The number of guanidine groups is 1. The Balaban J connectivity index is 1.26. The topological polar surface area (TPSA) is 51.2 Å². The summed E-state index contributed by atoms with van der Waals surface area (Å²) in [5.41, 5.74) is 2.37. The molecule has 1 saturated heterocycles. The van der Waals surface area contributed by atoms with Crippen LogP contribution in [0.1, 0.15) is 31.7 Å². The molecule has 3 heterocycles. The monoisotopic (exact) mass is 395 g/mol. The summed E-state index contributed by atoms with van der Waals surface area (Å²) < 4.78 is 0. The van der Waals surface area contributed by atoms with E-state index in [2.05, 4.69) is 46.3 Å². The lowest BCUT2D eigenvalue weighted by atomic mass is 10.2. The van der Waals surface area contributed by atoms with Crippen LogP contribution in [-0.4, -0.2) is 73.5 Å². The minimum Gasteiger partial charge on any atom is -0.357 e. The van der Waals surface area contributed by atoms with Crippen LogP contribution in [0.15, 0.2) is 41.4 Å². The van der Waals surface area contributed by atoms with Gasteiger partial charge in [0.1, 0.15) is 0 Å². The Labute approximate surface area is 174 Å². The largest absolute Gasteiger partial charge is 0.357 e. The van der Waals surface area contributed by atoms with Crippen LogP contribution in [0, 0.1) is 0 Å². The molecule has 1 aromatic rings. The van der Waals surface area contributed by atoms with Gasteiger partial charge in [-0.15, -0.1) is 0 Å². The molecule has 3 aliphatic rings. The quantitative estimate of drug-likeness (QED) is 0.347. The number of anilines is 1. The van der Waals surface area contributed by atoms with E-state index in [1.807, 2.05) is 17.0 Å². The van der Waals surface area contributed by atoms with Crippen molar-refractivity contribution in [3.05, 3.63) is 42.0 Å². The number of carbonyl (C=O) groups excluding carboxylic acids is 1. The summed E-state index contributed by atoms with van der Waals surface area (Å²) in [5.74, 6) is 1.22. The van der Waals surface area contributed by atoms with Gasteiger partial charge in [-0.05, 0) is 37.8 Å². The number of rotatable bonds is 6. The van der Waals surface area contributed by atoms with E-state index in [9.17, 15) is 4.79 Å². The van der Waals surface area contributed by atoms with Gasteiger partial charge in [-0.25, -0.2) is 0 Å². The molecule has 4 rings (SSSR count). The van der Waals surface area contributed by atoms with Crippen LogP contribution in [0.3, 0.4) is 0 Å². The van der Waals surface area contributed by atoms with Crippen molar-refractivity contribution in [1.29, 1.82) is 0 Å². The van der Waals surface area contributed by atoms with Gasteiger partial charge in [-0.2, -0.15) is 0 Å². The molecule has 0 radical (unpaired) electrons. The average molecular weight is 396 g/mol. The third-order valence-electron chi connectivity index (χ3n) is 6.16. The molecule has 1 unspecified atom stereocenters. The Morgan fingerprint density at radius 3 is 2.86 bits per heavy atom. The normalized spacial score (nSPS) is 21.8. The average Bonchev–Trinajstić information content (AvgIpc) is 3.49. The Kier molecular flexibility index (Phi) is 6.49. The van der Waals surface area contributed by atoms with Crippen molar-refractivity contribution >= 4 is 17.6 Å². The number of nitrogens with one attached hydrogen (secondary N) is 1. The van der Waals surface area contributed by atoms with Crippen molar-refractivity contribution in [2.75, 3.05) is 50.7 Å². The second kappa shape index (κ2) is 9.44. The summed E-state index contributed by atoms with van der Waals surface area (Å²) in [7, 11) is 0. The number of carbonyl (C=O) groups is 1. The highest BCUT2D eigenvalue weighted by molar-refractivity contribution is 5.95. The van der Waals surface area contributed by atoms with Crippen molar-refractivity contribution in [2.24, 2.45) is 4.99 Å². The molecule has 1 aromatic carbocycles. The van der Waals surface area contributed by atoms with Crippen molar-refractivity contribution in [2.45, 2.75) is 38.6 Å². The highest BCUT2D eigenvalue weighted by atomic mass is 16.2.